The average molecular weight is 280 g/mol. The molecule has 0 radical (unpaired) electrons. The van der Waals surface area contributed by atoms with E-state index >= 15 is 0 Å². The molecule has 0 aliphatic heterocycles. The van der Waals surface area contributed by atoms with Gasteiger partial charge in [0.25, 0.3) is 0 Å². The summed E-state index contributed by atoms with van der Waals surface area (Å²) in [5.41, 5.74) is -0.118. The van der Waals surface area contributed by atoms with E-state index < -0.39 is 17.5 Å². The monoisotopic (exact) mass is 280 g/mol. The van der Waals surface area contributed by atoms with Crippen molar-refractivity contribution in [3.8, 4) is 0 Å². The maximum absolute atomic E-state index is 12.1. The van der Waals surface area contributed by atoms with Crippen LogP contribution in [0.3, 0.4) is 0 Å². The van der Waals surface area contributed by atoms with Gasteiger partial charge in [-0.25, -0.2) is 0 Å². The Kier molecular flexibility index (Phi) is 7.00. The predicted molar refractivity (Wildman–Crippen MR) is 65.6 cm³/mol. The molecule has 0 atom stereocenters. The van der Waals surface area contributed by atoms with Crippen LogP contribution in [-0.4, -0.2) is 32.5 Å². The van der Waals surface area contributed by atoms with E-state index in [1.807, 2.05) is 0 Å². The van der Waals surface area contributed by atoms with E-state index in [0.29, 0.717) is 18.3 Å². The molecule has 0 bridgehead atoms. The lowest BCUT2D eigenvalue weighted by atomic mass is 9.99. The number of hydrogen-bond donors (Lipinski definition) is 0. The third-order valence-corrected chi connectivity index (χ3v) is 2.72. The van der Waals surface area contributed by atoms with Crippen molar-refractivity contribution in [1.29, 1.82) is 0 Å². The highest BCUT2D eigenvalue weighted by molar-refractivity contribution is 5.59. The quantitative estimate of drug-likeness (QED) is 0.587. The topological polar surface area (TPSA) is 35.5 Å². The molecule has 19 heavy (non-hydrogen) atoms. The Balaban J connectivity index is 0.000000362. The molecule has 0 aromatic heterocycles. The summed E-state index contributed by atoms with van der Waals surface area (Å²) in [6, 6.07) is 0. The molecule has 0 N–H and O–H groups in total. The summed E-state index contributed by atoms with van der Waals surface area (Å²) in [6.45, 7) is 3.04. The Morgan fingerprint density at radius 2 is 1.63 bits per heavy atom. The molecule has 0 fully saturated rings. The smallest absolute Gasteiger partial charge is 0.347 e. The van der Waals surface area contributed by atoms with Gasteiger partial charge in [-0.2, -0.15) is 13.2 Å². The molecule has 0 amide bonds. The number of allylic oxidation sites excluding steroid dienone is 4. The highest BCUT2D eigenvalue weighted by Gasteiger charge is 2.34. The summed E-state index contributed by atoms with van der Waals surface area (Å²) in [4.78, 5) is 10.0. The van der Waals surface area contributed by atoms with Gasteiger partial charge in [-0.1, -0.05) is 12.2 Å². The fraction of sp³-hybridized carbons (Fsp3) is 0.615. The molecule has 0 aromatic rings. The van der Waals surface area contributed by atoms with E-state index in [4.69, 9.17) is 0 Å². The minimum absolute atomic E-state index is 0.351. The molecule has 110 valence electrons. The van der Waals surface area contributed by atoms with Gasteiger partial charge >= 0.3 is 6.18 Å². The molecule has 1 rings (SSSR count). The van der Waals surface area contributed by atoms with Crippen molar-refractivity contribution in [2.45, 2.75) is 38.7 Å². The first kappa shape index (κ1) is 17.9. The lowest BCUT2D eigenvalue weighted by Gasteiger charge is -2.17. The zero-order valence-corrected chi connectivity index (χ0v) is 11.5. The lowest BCUT2D eigenvalue weighted by molar-refractivity contribution is -0.186. The minimum atomic E-state index is -4.17. The van der Waals surface area contributed by atoms with E-state index in [1.165, 1.54) is 27.2 Å². The maximum atomic E-state index is 12.1. The number of aldehydes is 1. The summed E-state index contributed by atoms with van der Waals surface area (Å²) in [6.07, 6.45) is 0.559. The SMILES string of the molecule is CC1=CCCC=C1C(F)(F)F.COC(C)(C=O)OC. The maximum Gasteiger partial charge on any atom is 0.416 e. The number of carbonyl (C=O) groups excluding carboxylic acids is 1. The molecular formula is C13H19F3O3. The fourth-order valence-electron chi connectivity index (χ4n) is 1.32. The predicted octanol–water partition coefficient (Wildman–Crippen LogP) is 3.41. The Hall–Kier alpha value is -1.14. The molecule has 0 heterocycles. The summed E-state index contributed by atoms with van der Waals surface area (Å²) >= 11 is 0. The van der Waals surface area contributed by atoms with Gasteiger partial charge in [-0.05, 0) is 32.3 Å². The summed E-state index contributed by atoms with van der Waals surface area (Å²) in [7, 11) is 2.83. The van der Waals surface area contributed by atoms with E-state index in [9.17, 15) is 18.0 Å². The molecule has 6 heteroatoms. The van der Waals surface area contributed by atoms with Crippen molar-refractivity contribution < 1.29 is 27.4 Å². The van der Waals surface area contributed by atoms with Gasteiger partial charge in [-0.15, -0.1) is 0 Å². The zero-order valence-electron chi connectivity index (χ0n) is 11.5. The number of hydrogen-bond acceptors (Lipinski definition) is 3. The van der Waals surface area contributed by atoms with Crippen molar-refractivity contribution in [3.63, 3.8) is 0 Å². The van der Waals surface area contributed by atoms with Crippen LogP contribution in [-0.2, 0) is 14.3 Å². The fourth-order valence-corrected chi connectivity index (χ4v) is 1.32. The van der Waals surface area contributed by atoms with Crippen LogP contribution < -0.4 is 0 Å². The van der Waals surface area contributed by atoms with Gasteiger partial charge in [0.15, 0.2) is 6.29 Å². The standard InChI is InChI=1S/C8H9F3.C5H10O3/c1-6-4-2-3-5-7(6)8(9,10)11;1-5(4-6,7-2)8-3/h4-5H,2-3H2,1H3;4H,1-3H3. The van der Waals surface area contributed by atoms with Crippen molar-refractivity contribution in [1.82, 2.24) is 0 Å². The highest BCUT2D eigenvalue weighted by Crippen LogP contribution is 2.33. The van der Waals surface area contributed by atoms with E-state index in [0.717, 1.165) is 6.42 Å². The van der Waals surface area contributed by atoms with Crippen LogP contribution in [0.1, 0.15) is 26.7 Å². The largest absolute Gasteiger partial charge is 0.416 e. The number of ether oxygens (including phenoxy) is 2. The molecular weight excluding hydrogens is 261 g/mol. The van der Waals surface area contributed by atoms with Crippen LogP contribution in [0.15, 0.2) is 23.3 Å². The van der Waals surface area contributed by atoms with E-state index in [2.05, 4.69) is 9.47 Å². The lowest BCUT2D eigenvalue weighted by Crippen LogP contribution is -2.30. The Morgan fingerprint density at radius 1 is 1.16 bits per heavy atom. The van der Waals surface area contributed by atoms with Crippen molar-refractivity contribution >= 4 is 6.29 Å². The number of alkyl halides is 3. The Bertz CT molecular complexity index is 353. The number of halogens is 3. The van der Waals surface area contributed by atoms with Crippen LogP contribution in [0, 0.1) is 0 Å². The third-order valence-electron chi connectivity index (χ3n) is 2.72. The molecule has 1 aliphatic carbocycles. The molecule has 0 unspecified atom stereocenters. The third kappa shape index (κ3) is 6.02. The Morgan fingerprint density at radius 3 is 1.84 bits per heavy atom. The second kappa shape index (κ2) is 7.45. The van der Waals surface area contributed by atoms with Crippen molar-refractivity contribution in [3.05, 3.63) is 23.3 Å². The Labute approximate surface area is 111 Å². The summed E-state index contributed by atoms with van der Waals surface area (Å²) < 4.78 is 45.5. The average Bonchev–Trinajstić information content (AvgIpc) is 2.38. The summed E-state index contributed by atoms with van der Waals surface area (Å²) in [5.74, 6) is -1.06. The van der Waals surface area contributed by atoms with Crippen LogP contribution >= 0.6 is 0 Å². The minimum Gasteiger partial charge on any atom is -0.347 e. The number of carbonyl (C=O) groups is 1. The number of methoxy groups -OCH3 is 2. The number of rotatable bonds is 3. The van der Waals surface area contributed by atoms with Crippen LogP contribution in [0.5, 0.6) is 0 Å². The van der Waals surface area contributed by atoms with E-state index in [-0.39, 0.29) is 0 Å². The molecule has 1 aliphatic rings. The normalized spacial score (nSPS) is 15.9. The van der Waals surface area contributed by atoms with E-state index in [1.54, 1.807) is 13.0 Å². The van der Waals surface area contributed by atoms with Gasteiger partial charge in [0.1, 0.15) is 0 Å². The molecule has 0 aromatic carbocycles. The molecule has 3 nitrogen and oxygen atoms in total. The van der Waals surface area contributed by atoms with Gasteiger partial charge in [0, 0.05) is 14.2 Å². The zero-order chi connectivity index (χ0) is 15.1. The van der Waals surface area contributed by atoms with Crippen molar-refractivity contribution in [2.75, 3.05) is 14.2 Å². The first-order chi connectivity index (χ1) is 8.70. The molecule has 0 saturated carbocycles. The molecule has 0 spiro atoms. The van der Waals surface area contributed by atoms with Crippen LogP contribution in [0.4, 0.5) is 13.2 Å². The second-order valence-corrected chi connectivity index (χ2v) is 4.12. The van der Waals surface area contributed by atoms with Gasteiger partial charge in [0.05, 0.1) is 5.57 Å². The highest BCUT2D eigenvalue weighted by atomic mass is 19.4. The van der Waals surface area contributed by atoms with Gasteiger partial charge < -0.3 is 9.47 Å². The van der Waals surface area contributed by atoms with Crippen LogP contribution in [0.2, 0.25) is 0 Å². The first-order valence-electron chi connectivity index (χ1n) is 5.71. The van der Waals surface area contributed by atoms with Gasteiger partial charge in [-0.3, -0.25) is 4.79 Å². The second-order valence-electron chi connectivity index (χ2n) is 4.12. The van der Waals surface area contributed by atoms with Gasteiger partial charge in [0.2, 0.25) is 5.79 Å². The van der Waals surface area contributed by atoms with Crippen LogP contribution in [0.25, 0.3) is 0 Å². The first-order valence-corrected chi connectivity index (χ1v) is 5.71. The van der Waals surface area contributed by atoms with Crippen molar-refractivity contribution in [2.24, 2.45) is 0 Å². The summed E-state index contributed by atoms with van der Waals surface area (Å²) in [5, 5.41) is 0. The molecule has 0 saturated heterocycles.